The highest BCUT2D eigenvalue weighted by Gasteiger charge is 2.29. The summed E-state index contributed by atoms with van der Waals surface area (Å²) in [5, 5.41) is 6.59. The molecule has 0 spiro atoms. The van der Waals surface area contributed by atoms with Crippen molar-refractivity contribution in [3.05, 3.63) is 65.2 Å². The van der Waals surface area contributed by atoms with Crippen molar-refractivity contribution in [1.82, 2.24) is 19.8 Å². The minimum atomic E-state index is -3.53. The van der Waals surface area contributed by atoms with Crippen LogP contribution in [0.15, 0.2) is 58.4 Å². The van der Waals surface area contributed by atoms with Gasteiger partial charge in [0, 0.05) is 46.3 Å². The molecule has 2 aromatic rings. The lowest BCUT2D eigenvalue weighted by molar-refractivity contribution is 0.222. The topological polar surface area (TPSA) is 77.0 Å². The van der Waals surface area contributed by atoms with Crippen LogP contribution in [-0.2, 0) is 29.5 Å². The first kappa shape index (κ1) is 23.2. The molecule has 1 saturated heterocycles. The molecule has 0 unspecified atom stereocenters. The Bertz CT molecular complexity index is 999. The van der Waals surface area contributed by atoms with E-state index in [9.17, 15) is 8.42 Å². The molecule has 0 amide bonds. The SMILES string of the molecule is CCc1ccccc1CNC(=NC)NCc1ccccc1S(=O)(=O)N1CCN(C)CC1. The third-order valence-electron chi connectivity index (χ3n) is 5.67. The molecule has 2 aromatic carbocycles. The number of hydrogen-bond acceptors (Lipinski definition) is 4. The van der Waals surface area contributed by atoms with Crippen molar-refractivity contribution in [1.29, 1.82) is 0 Å². The fourth-order valence-electron chi connectivity index (χ4n) is 3.72. The second kappa shape index (κ2) is 10.7. The number of aryl methyl sites for hydroxylation is 1. The van der Waals surface area contributed by atoms with Crippen LogP contribution in [0.2, 0.25) is 0 Å². The van der Waals surface area contributed by atoms with Gasteiger partial charge in [-0.2, -0.15) is 4.31 Å². The van der Waals surface area contributed by atoms with Crippen molar-refractivity contribution < 1.29 is 8.42 Å². The van der Waals surface area contributed by atoms with Crippen LogP contribution in [0, 0.1) is 0 Å². The summed E-state index contributed by atoms with van der Waals surface area (Å²) in [5.74, 6) is 0.637. The minimum absolute atomic E-state index is 0.360. The van der Waals surface area contributed by atoms with E-state index in [1.54, 1.807) is 23.5 Å². The van der Waals surface area contributed by atoms with Gasteiger partial charge in [0.05, 0.1) is 4.90 Å². The Balaban J connectivity index is 1.67. The zero-order valence-corrected chi connectivity index (χ0v) is 19.5. The molecule has 31 heavy (non-hydrogen) atoms. The van der Waals surface area contributed by atoms with Crippen LogP contribution in [-0.4, -0.2) is 63.9 Å². The van der Waals surface area contributed by atoms with Crippen LogP contribution in [0.1, 0.15) is 23.6 Å². The summed E-state index contributed by atoms with van der Waals surface area (Å²) in [6.07, 6.45) is 0.974. The quantitative estimate of drug-likeness (QED) is 0.506. The summed E-state index contributed by atoms with van der Waals surface area (Å²) in [4.78, 5) is 6.80. The number of sulfonamides is 1. The Morgan fingerprint density at radius 2 is 1.45 bits per heavy atom. The molecular weight excluding hydrogens is 410 g/mol. The Morgan fingerprint density at radius 3 is 2.06 bits per heavy atom. The Kier molecular flexibility index (Phi) is 8.06. The zero-order chi connectivity index (χ0) is 22.3. The van der Waals surface area contributed by atoms with E-state index in [0.717, 1.165) is 25.1 Å². The summed E-state index contributed by atoms with van der Waals surface area (Å²) in [5.41, 5.74) is 3.26. The lowest BCUT2D eigenvalue weighted by Crippen LogP contribution is -2.47. The molecule has 1 aliphatic rings. The van der Waals surface area contributed by atoms with Crippen molar-refractivity contribution in [2.24, 2.45) is 4.99 Å². The van der Waals surface area contributed by atoms with Gasteiger partial charge in [-0.3, -0.25) is 4.99 Å². The van der Waals surface area contributed by atoms with Gasteiger partial charge in [-0.1, -0.05) is 49.4 Å². The lowest BCUT2D eigenvalue weighted by atomic mass is 10.1. The monoisotopic (exact) mass is 443 g/mol. The van der Waals surface area contributed by atoms with Crippen LogP contribution < -0.4 is 10.6 Å². The number of nitrogens with zero attached hydrogens (tertiary/aromatic N) is 3. The number of aliphatic imine (C=N–C) groups is 1. The van der Waals surface area contributed by atoms with Crippen molar-refractivity contribution >= 4 is 16.0 Å². The first-order valence-corrected chi connectivity index (χ1v) is 12.2. The van der Waals surface area contributed by atoms with E-state index in [-0.39, 0.29) is 0 Å². The van der Waals surface area contributed by atoms with Crippen LogP contribution >= 0.6 is 0 Å². The molecule has 7 nitrogen and oxygen atoms in total. The molecule has 3 rings (SSSR count). The lowest BCUT2D eigenvalue weighted by Gasteiger charge is -2.32. The predicted octanol–water partition coefficient (Wildman–Crippen LogP) is 2.05. The molecule has 2 N–H and O–H groups in total. The molecule has 168 valence electrons. The fourth-order valence-corrected chi connectivity index (χ4v) is 5.37. The van der Waals surface area contributed by atoms with Gasteiger partial charge in [0.1, 0.15) is 0 Å². The Hall–Kier alpha value is -2.42. The standard InChI is InChI=1S/C23H33N5O2S/c1-4-19-9-5-6-10-20(19)17-25-23(24-2)26-18-21-11-7-8-12-22(21)31(29,30)28-15-13-27(3)14-16-28/h5-12H,4,13-18H2,1-3H3,(H2,24,25,26). The number of hydrogen-bond donors (Lipinski definition) is 2. The van der Waals surface area contributed by atoms with E-state index >= 15 is 0 Å². The van der Waals surface area contributed by atoms with Crippen LogP contribution in [0.4, 0.5) is 0 Å². The van der Waals surface area contributed by atoms with Gasteiger partial charge in [0.15, 0.2) is 5.96 Å². The zero-order valence-electron chi connectivity index (χ0n) is 18.6. The molecule has 0 aromatic heterocycles. The van der Waals surface area contributed by atoms with Gasteiger partial charge in [-0.15, -0.1) is 0 Å². The number of guanidine groups is 1. The second-order valence-electron chi connectivity index (χ2n) is 7.72. The molecule has 0 bridgehead atoms. The Morgan fingerprint density at radius 1 is 0.903 bits per heavy atom. The Labute approximate surface area is 186 Å². The maximum Gasteiger partial charge on any atom is 0.243 e. The summed E-state index contributed by atoms with van der Waals surface area (Å²) in [6.45, 7) is 5.69. The van der Waals surface area contributed by atoms with Crippen molar-refractivity contribution in [2.75, 3.05) is 40.3 Å². The average molecular weight is 444 g/mol. The number of rotatable bonds is 7. The van der Waals surface area contributed by atoms with Crippen LogP contribution in [0.25, 0.3) is 0 Å². The van der Waals surface area contributed by atoms with E-state index in [0.29, 0.717) is 37.0 Å². The molecular formula is C23H33N5O2S. The van der Waals surface area contributed by atoms with Crippen molar-refractivity contribution in [3.63, 3.8) is 0 Å². The van der Waals surface area contributed by atoms with Gasteiger partial charge in [0.25, 0.3) is 0 Å². The molecule has 0 atom stereocenters. The second-order valence-corrected chi connectivity index (χ2v) is 9.62. The number of nitrogens with one attached hydrogen (secondary N) is 2. The van der Waals surface area contributed by atoms with Crippen LogP contribution in [0.5, 0.6) is 0 Å². The maximum atomic E-state index is 13.2. The van der Waals surface area contributed by atoms with Gasteiger partial charge in [-0.25, -0.2) is 8.42 Å². The molecule has 1 heterocycles. The molecule has 0 radical (unpaired) electrons. The molecule has 1 fully saturated rings. The van der Waals surface area contributed by atoms with E-state index in [2.05, 4.69) is 39.6 Å². The van der Waals surface area contributed by atoms with E-state index in [1.165, 1.54) is 11.1 Å². The van der Waals surface area contributed by atoms with Gasteiger partial charge in [-0.05, 0) is 36.2 Å². The smallest absolute Gasteiger partial charge is 0.243 e. The molecule has 1 aliphatic heterocycles. The van der Waals surface area contributed by atoms with Gasteiger partial charge >= 0.3 is 0 Å². The number of benzene rings is 2. The summed E-state index contributed by atoms with van der Waals surface area (Å²) in [6, 6.07) is 15.5. The normalized spacial score (nSPS) is 16.3. The fraction of sp³-hybridized carbons (Fsp3) is 0.435. The average Bonchev–Trinajstić information content (AvgIpc) is 2.80. The summed E-state index contributed by atoms with van der Waals surface area (Å²) < 4.78 is 28.1. The highest BCUT2D eigenvalue weighted by atomic mass is 32.2. The number of piperazine rings is 1. The highest BCUT2D eigenvalue weighted by molar-refractivity contribution is 7.89. The first-order valence-electron chi connectivity index (χ1n) is 10.7. The maximum absolute atomic E-state index is 13.2. The van der Waals surface area contributed by atoms with E-state index in [4.69, 9.17) is 0 Å². The largest absolute Gasteiger partial charge is 0.352 e. The minimum Gasteiger partial charge on any atom is -0.352 e. The molecule has 0 aliphatic carbocycles. The highest BCUT2D eigenvalue weighted by Crippen LogP contribution is 2.21. The molecule has 8 heteroatoms. The molecule has 0 saturated carbocycles. The van der Waals surface area contributed by atoms with Crippen LogP contribution in [0.3, 0.4) is 0 Å². The summed E-state index contributed by atoms with van der Waals surface area (Å²) in [7, 11) is 0.201. The summed E-state index contributed by atoms with van der Waals surface area (Å²) >= 11 is 0. The van der Waals surface area contributed by atoms with Gasteiger partial charge < -0.3 is 15.5 Å². The predicted molar refractivity (Wildman–Crippen MR) is 126 cm³/mol. The van der Waals surface area contributed by atoms with E-state index in [1.807, 2.05) is 31.3 Å². The third kappa shape index (κ3) is 5.84. The number of likely N-dealkylation sites (N-methyl/N-ethyl adjacent to an activating group) is 1. The van der Waals surface area contributed by atoms with Gasteiger partial charge in [0.2, 0.25) is 10.0 Å². The third-order valence-corrected chi connectivity index (χ3v) is 7.67. The first-order chi connectivity index (χ1) is 15.0. The van der Waals surface area contributed by atoms with Crippen molar-refractivity contribution in [3.8, 4) is 0 Å². The van der Waals surface area contributed by atoms with Crippen molar-refractivity contribution in [2.45, 2.75) is 31.3 Å². The van der Waals surface area contributed by atoms with E-state index < -0.39 is 10.0 Å².